The van der Waals surface area contributed by atoms with Gasteiger partial charge >= 0.3 is 5.97 Å². The van der Waals surface area contributed by atoms with Crippen LogP contribution in [0.25, 0.3) is 0 Å². The van der Waals surface area contributed by atoms with Crippen molar-refractivity contribution in [2.75, 3.05) is 6.61 Å². The van der Waals surface area contributed by atoms with Gasteiger partial charge in [-0.05, 0) is 12.3 Å². The van der Waals surface area contributed by atoms with Crippen molar-refractivity contribution in [3.05, 3.63) is 0 Å². The van der Waals surface area contributed by atoms with E-state index in [0.29, 0.717) is 6.42 Å². The van der Waals surface area contributed by atoms with E-state index in [1.54, 1.807) is 0 Å². The Morgan fingerprint density at radius 2 is 1.19 bits per heavy atom. The number of carbonyl (C=O) groups is 2. The topological polar surface area (TPSA) is 124 Å². The van der Waals surface area contributed by atoms with Crippen LogP contribution in [0.15, 0.2) is 0 Å². The molecular formula is C24H46O7. The van der Waals surface area contributed by atoms with Crippen molar-refractivity contribution in [1.82, 2.24) is 0 Å². The molecule has 0 rings (SSSR count). The fraction of sp³-hybridized carbons (Fsp3) is 0.917. The molecule has 0 aliphatic rings. The molecule has 0 saturated heterocycles. The van der Waals surface area contributed by atoms with E-state index in [1.807, 2.05) is 0 Å². The first-order valence-electron chi connectivity index (χ1n) is 12.1. The summed E-state index contributed by atoms with van der Waals surface area (Å²) in [5.74, 6) is 0.341. The molecule has 7 nitrogen and oxygen atoms in total. The van der Waals surface area contributed by atoms with E-state index < -0.39 is 37.0 Å². The van der Waals surface area contributed by atoms with Gasteiger partial charge < -0.3 is 30.0 Å². The zero-order valence-electron chi connectivity index (χ0n) is 19.6. The molecule has 0 amide bonds. The summed E-state index contributed by atoms with van der Waals surface area (Å²) < 4.78 is 4.88. The number of hydrogen-bond donors (Lipinski definition) is 4. The number of aldehydes is 1. The fourth-order valence-electron chi connectivity index (χ4n) is 3.45. The van der Waals surface area contributed by atoms with E-state index in [1.165, 1.54) is 64.2 Å². The molecule has 0 bridgehead atoms. The average Bonchev–Trinajstić information content (AvgIpc) is 2.75. The molecular weight excluding hydrogens is 400 g/mol. The van der Waals surface area contributed by atoms with Gasteiger partial charge in [0.2, 0.25) is 0 Å². The predicted molar refractivity (Wildman–Crippen MR) is 121 cm³/mol. The van der Waals surface area contributed by atoms with Gasteiger partial charge in [0.1, 0.15) is 31.0 Å². The number of carbonyl (C=O) groups excluding carboxylic acids is 2. The lowest BCUT2D eigenvalue weighted by molar-refractivity contribution is -0.156. The van der Waals surface area contributed by atoms with Crippen molar-refractivity contribution in [1.29, 1.82) is 0 Å². The predicted octanol–water partition coefficient (Wildman–Crippen LogP) is 3.29. The molecule has 0 aromatic carbocycles. The molecule has 0 unspecified atom stereocenters. The lowest BCUT2D eigenvalue weighted by Crippen LogP contribution is -2.46. The van der Waals surface area contributed by atoms with Gasteiger partial charge in [0.25, 0.3) is 0 Å². The van der Waals surface area contributed by atoms with Crippen molar-refractivity contribution < 1.29 is 34.8 Å². The lowest BCUT2D eigenvalue weighted by Gasteiger charge is -2.23. The van der Waals surface area contributed by atoms with Crippen LogP contribution in [-0.4, -0.2) is 63.7 Å². The number of hydrogen-bond acceptors (Lipinski definition) is 7. The van der Waals surface area contributed by atoms with Crippen LogP contribution in [-0.2, 0) is 14.3 Å². The van der Waals surface area contributed by atoms with Gasteiger partial charge in [-0.2, -0.15) is 0 Å². The molecule has 0 aliphatic heterocycles. The highest BCUT2D eigenvalue weighted by molar-refractivity contribution is 5.69. The molecule has 0 radical (unpaired) electrons. The summed E-state index contributed by atoms with van der Waals surface area (Å²) in [6.07, 6.45) is 9.15. The smallest absolute Gasteiger partial charge is 0.305 e. The Morgan fingerprint density at radius 1 is 0.742 bits per heavy atom. The molecule has 7 heteroatoms. The first kappa shape index (κ1) is 30.0. The average molecular weight is 447 g/mol. The highest BCUT2D eigenvalue weighted by Crippen LogP contribution is 2.14. The quantitative estimate of drug-likeness (QED) is 0.121. The van der Waals surface area contributed by atoms with E-state index in [-0.39, 0.29) is 12.7 Å². The summed E-state index contributed by atoms with van der Waals surface area (Å²) in [4.78, 5) is 22.1. The Balaban J connectivity index is 3.49. The summed E-state index contributed by atoms with van der Waals surface area (Å²) >= 11 is 0. The largest absolute Gasteiger partial charge is 0.463 e. The van der Waals surface area contributed by atoms with Crippen LogP contribution in [0.1, 0.15) is 104 Å². The molecule has 0 aliphatic carbocycles. The number of esters is 1. The van der Waals surface area contributed by atoms with Crippen molar-refractivity contribution >= 4 is 12.3 Å². The Labute approximate surface area is 188 Å². The summed E-state index contributed by atoms with van der Waals surface area (Å²) in [6.45, 7) is 4.06. The molecule has 0 aromatic heterocycles. The standard InChI is InChI=1S/C24H46O7/c1-19(2)15-13-11-9-7-5-3-4-6-8-10-12-14-16-22(28)31-18-21(27)24(30)23(29)20(26)17-25/h17,19-21,23-24,26-27,29-30H,3-16,18H2,1-2H3/t20-,21+,23+,24+/m0/s1. The third-order valence-electron chi connectivity index (χ3n) is 5.56. The summed E-state index contributed by atoms with van der Waals surface area (Å²) in [5, 5.41) is 37.8. The summed E-state index contributed by atoms with van der Waals surface area (Å²) in [5.41, 5.74) is 0. The Kier molecular flexibility index (Phi) is 19.0. The number of aliphatic hydroxyl groups is 4. The third-order valence-corrected chi connectivity index (χ3v) is 5.56. The van der Waals surface area contributed by atoms with Crippen LogP contribution in [0, 0.1) is 5.92 Å². The molecule has 184 valence electrons. The Bertz CT molecular complexity index is 442. The summed E-state index contributed by atoms with van der Waals surface area (Å²) in [7, 11) is 0. The van der Waals surface area contributed by atoms with Gasteiger partial charge in [-0.25, -0.2) is 0 Å². The molecule has 4 atom stereocenters. The minimum absolute atomic E-state index is 0.0581. The second kappa shape index (κ2) is 19.6. The first-order chi connectivity index (χ1) is 14.8. The SMILES string of the molecule is CC(C)CCCCCCCCCCCCCCC(=O)OC[C@@H](O)[C@@H](O)[C@H](O)[C@@H](O)C=O. The normalized spacial score (nSPS) is 15.5. The van der Waals surface area contributed by atoms with E-state index in [9.17, 15) is 24.9 Å². The molecule has 0 aromatic rings. The molecule has 4 N–H and O–H groups in total. The first-order valence-corrected chi connectivity index (χ1v) is 12.1. The number of unbranched alkanes of at least 4 members (excludes halogenated alkanes) is 11. The Hall–Kier alpha value is -1.02. The third kappa shape index (κ3) is 17.2. The molecule has 0 heterocycles. The van der Waals surface area contributed by atoms with Crippen LogP contribution in [0.2, 0.25) is 0 Å². The van der Waals surface area contributed by atoms with Crippen LogP contribution < -0.4 is 0 Å². The second-order valence-corrected chi connectivity index (χ2v) is 9.03. The van der Waals surface area contributed by atoms with E-state index >= 15 is 0 Å². The van der Waals surface area contributed by atoms with Crippen LogP contribution >= 0.6 is 0 Å². The fourth-order valence-corrected chi connectivity index (χ4v) is 3.45. The number of aliphatic hydroxyl groups excluding tert-OH is 4. The van der Waals surface area contributed by atoms with E-state index in [2.05, 4.69) is 13.8 Å². The minimum atomic E-state index is -1.83. The zero-order chi connectivity index (χ0) is 23.5. The number of rotatable bonds is 21. The maximum atomic E-state index is 11.7. The maximum Gasteiger partial charge on any atom is 0.305 e. The van der Waals surface area contributed by atoms with Crippen LogP contribution in [0.5, 0.6) is 0 Å². The lowest BCUT2D eigenvalue weighted by atomic mass is 10.0. The summed E-state index contributed by atoms with van der Waals surface area (Å²) in [6, 6.07) is 0. The molecule has 0 saturated carbocycles. The molecule has 31 heavy (non-hydrogen) atoms. The highest BCUT2D eigenvalue weighted by atomic mass is 16.5. The van der Waals surface area contributed by atoms with Gasteiger partial charge in [0.15, 0.2) is 6.29 Å². The van der Waals surface area contributed by atoms with Crippen molar-refractivity contribution in [3.8, 4) is 0 Å². The van der Waals surface area contributed by atoms with Crippen LogP contribution in [0.3, 0.4) is 0 Å². The van der Waals surface area contributed by atoms with Gasteiger partial charge in [-0.3, -0.25) is 4.79 Å². The number of ether oxygens (including phenoxy) is 1. The zero-order valence-corrected chi connectivity index (χ0v) is 19.6. The van der Waals surface area contributed by atoms with E-state index in [4.69, 9.17) is 9.84 Å². The van der Waals surface area contributed by atoms with Gasteiger partial charge in [-0.15, -0.1) is 0 Å². The Morgan fingerprint density at radius 3 is 1.65 bits per heavy atom. The van der Waals surface area contributed by atoms with Crippen LogP contribution in [0.4, 0.5) is 0 Å². The molecule has 0 spiro atoms. The highest BCUT2D eigenvalue weighted by Gasteiger charge is 2.30. The second-order valence-electron chi connectivity index (χ2n) is 9.03. The van der Waals surface area contributed by atoms with Gasteiger partial charge in [0.05, 0.1) is 0 Å². The van der Waals surface area contributed by atoms with Crippen molar-refractivity contribution in [3.63, 3.8) is 0 Å². The monoisotopic (exact) mass is 446 g/mol. The van der Waals surface area contributed by atoms with Crippen molar-refractivity contribution in [2.24, 2.45) is 5.92 Å². The maximum absolute atomic E-state index is 11.7. The van der Waals surface area contributed by atoms with Crippen molar-refractivity contribution in [2.45, 2.75) is 128 Å². The van der Waals surface area contributed by atoms with Gasteiger partial charge in [-0.1, -0.05) is 90.9 Å². The van der Waals surface area contributed by atoms with E-state index in [0.717, 1.165) is 18.8 Å². The van der Waals surface area contributed by atoms with Gasteiger partial charge in [0, 0.05) is 6.42 Å². The minimum Gasteiger partial charge on any atom is -0.463 e. The molecule has 0 fully saturated rings.